The molecule has 2 heterocycles. The summed E-state index contributed by atoms with van der Waals surface area (Å²) in [5.41, 5.74) is 1.72. The number of thiophene rings is 1. The Bertz CT molecular complexity index is 1090. The minimum Gasteiger partial charge on any atom is -0.425 e. The number of anilines is 1. The highest BCUT2D eigenvalue weighted by atomic mass is 35.5. The molecule has 0 bridgehead atoms. The molecule has 0 spiro atoms. The Hall–Kier alpha value is -2.70. The highest BCUT2D eigenvalue weighted by Gasteiger charge is 2.17. The molecular weight excluding hydrogens is 370 g/mol. The Morgan fingerprint density at radius 3 is 2.62 bits per heavy atom. The van der Waals surface area contributed by atoms with Gasteiger partial charge in [-0.1, -0.05) is 41.9 Å². The lowest BCUT2D eigenvalue weighted by atomic mass is 10.1. The second kappa shape index (κ2) is 6.90. The molecule has 0 aliphatic carbocycles. The van der Waals surface area contributed by atoms with Crippen molar-refractivity contribution in [1.29, 1.82) is 0 Å². The molecule has 130 valence electrons. The second-order valence-corrected chi connectivity index (χ2v) is 7.21. The number of aromatic nitrogens is 2. The Morgan fingerprint density at radius 2 is 1.92 bits per heavy atom. The molecule has 2 aromatic heterocycles. The van der Waals surface area contributed by atoms with Gasteiger partial charge in [0.15, 0.2) is 0 Å². The SMILES string of the molecule is Cc1nnc(Cc2ccc(NC(=O)c3sc4ccccc4c3Cl)cc2)o1. The number of nitrogens with one attached hydrogen (secondary N) is 1. The predicted octanol–water partition coefficient (Wildman–Crippen LogP) is 5.09. The van der Waals surface area contributed by atoms with Crippen molar-refractivity contribution in [2.75, 3.05) is 5.32 Å². The number of amides is 1. The first-order valence-electron chi connectivity index (χ1n) is 7.96. The fourth-order valence-corrected chi connectivity index (χ4v) is 4.05. The van der Waals surface area contributed by atoms with Gasteiger partial charge in [-0.15, -0.1) is 21.5 Å². The molecule has 0 aliphatic rings. The average molecular weight is 384 g/mol. The molecule has 5 nitrogen and oxygen atoms in total. The van der Waals surface area contributed by atoms with Crippen LogP contribution in [0.1, 0.15) is 27.0 Å². The van der Waals surface area contributed by atoms with Gasteiger partial charge in [0.1, 0.15) is 4.88 Å². The second-order valence-electron chi connectivity index (χ2n) is 5.78. The molecule has 26 heavy (non-hydrogen) atoms. The number of hydrogen-bond acceptors (Lipinski definition) is 5. The molecule has 0 unspecified atom stereocenters. The van der Waals surface area contributed by atoms with E-state index >= 15 is 0 Å². The van der Waals surface area contributed by atoms with Gasteiger partial charge >= 0.3 is 0 Å². The number of benzene rings is 2. The standard InChI is InChI=1S/C19H14ClN3O2S/c1-11-22-23-16(25-11)10-12-6-8-13(9-7-12)21-19(24)18-17(20)14-4-2-3-5-15(14)26-18/h2-9H,10H2,1H3,(H,21,24). The van der Waals surface area contributed by atoms with E-state index in [4.69, 9.17) is 16.0 Å². The first kappa shape index (κ1) is 16.8. The number of rotatable bonds is 4. The zero-order chi connectivity index (χ0) is 18.1. The quantitative estimate of drug-likeness (QED) is 0.533. The minimum absolute atomic E-state index is 0.212. The zero-order valence-electron chi connectivity index (χ0n) is 13.8. The molecule has 0 aliphatic heterocycles. The third kappa shape index (κ3) is 3.34. The largest absolute Gasteiger partial charge is 0.425 e. The maximum atomic E-state index is 12.6. The summed E-state index contributed by atoms with van der Waals surface area (Å²) >= 11 is 7.75. The monoisotopic (exact) mass is 383 g/mol. The van der Waals surface area contributed by atoms with E-state index in [-0.39, 0.29) is 5.91 Å². The lowest BCUT2D eigenvalue weighted by Crippen LogP contribution is -2.10. The van der Waals surface area contributed by atoms with E-state index in [1.807, 2.05) is 48.5 Å². The summed E-state index contributed by atoms with van der Waals surface area (Å²) in [6.07, 6.45) is 0.553. The van der Waals surface area contributed by atoms with Crippen LogP contribution in [0.4, 0.5) is 5.69 Å². The van der Waals surface area contributed by atoms with E-state index < -0.39 is 0 Å². The lowest BCUT2D eigenvalue weighted by Gasteiger charge is -2.05. The van der Waals surface area contributed by atoms with E-state index in [0.717, 1.165) is 15.6 Å². The summed E-state index contributed by atoms with van der Waals surface area (Å²) in [6.45, 7) is 1.76. The van der Waals surface area contributed by atoms with Crippen molar-refractivity contribution < 1.29 is 9.21 Å². The smallest absolute Gasteiger partial charge is 0.267 e. The molecule has 7 heteroatoms. The molecule has 0 atom stereocenters. The highest BCUT2D eigenvalue weighted by molar-refractivity contribution is 7.21. The fraction of sp³-hybridized carbons (Fsp3) is 0.105. The van der Waals surface area contributed by atoms with Crippen molar-refractivity contribution in [2.24, 2.45) is 0 Å². The summed E-state index contributed by atoms with van der Waals surface area (Å²) in [6, 6.07) is 15.2. The molecule has 4 rings (SSSR count). The summed E-state index contributed by atoms with van der Waals surface area (Å²) in [5.74, 6) is 0.900. The van der Waals surface area contributed by atoms with Gasteiger partial charge in [0, 0.05) is 22.7 Å². The van der Waals surface area contributed by atoms with Crippen molar-refractivity contribution in [3.8, 4) is 0 Å². The predicted molar refractivity (Wildman–Crippen MR) is 103 cm³/mol. The number of carbonyl (C=O) groups excluding carboxylic acids is 1. The third-order valence-corrected chi connectivity index (χ3v) is 5.55. The Labute approximate surface area is 158 Å². The zero-order valence-corrected chi connectivity index (χ0v) is 15.4. The Morgan fingerprint density at radius 1 is 1.15 bits per heavy atom. The van der Waals surface area contributed by atoms with Crippen molar-refractivity contribution in [3.05, 3.63) is 75.8 Å². The Balaban J connectivity index is 1.49. The highest BCUT2D eigenvalue weighted by Crippen LogP contribution is 2.35. The molecule has 0 saturated carbocycles. The van der Waals surface area contributed by atoms with Crippen LogP contribution in [-0.2, 0) is 6.42 Å². The van der Waals surface area contributed by atoms with Gasteiger partial charge < -0.3 is 9.73 Å². The van der Waals surface area contributed by atoms with Crippen LogP contribution >= 0.6 is 22.9 Å². The maximum absolute atomic E-state index is 12.6. The number of hydrogen-bond donors (Lipinski definition) is 1. The van der Waals surface area contributed by atoms with Crippen molar-refractivity contribution in [1.82, 2.24) is 10.2 Å². The lowest BCUT2D eigenvalue weighted by molar-refractivity contribution is 0.103. The number of fused-ring (bicyclic) bond motifs is 1. The van der Waals surface area contributed by atoms with Crippen LogP contribution < -0.4 is 5.32 Å². The average Bonchev–Trinajstić information content (AvgIpc) is 3.20. The van der Waals surface area contributed by atoms with Crippen molar-refractivity contribution in [3.63, 3.8) is 0 Å². The van der Waals surface area contributed by atoms with Crippen LogP contribution in [0.3, 0.4) is 0 Å². The summed E-state index contributed by atoms with van der Waals surface area (Å²) < 4.78 is 6.37. The van der Waals surface area contributed by atoms with Crippen LogP contribution in [0.5, 0.6) is 0 Å². The van der Waals surface area contributed by atoms with Crippen LogP contribution in [-0.4, -0.2) is 16.1 Å². The molecular formula is C19H14ClN3O2S. The van der Waals surface area contributed by atoms with E-state index in [1.54, 1.807) is 6.92 Å². The van der Waals surface area contributed by atoms with Gasteiger partial charge in [-0.2, -0.15) is 0 Å². The maximum Gasteiger partial charge on any atom is 0.267 e. The van der Waals surface area contributed by atoms with Gasteiger partial charge in [0.05, 0.1) is 11.4 Å². The molecule has 0 saturated heterocycles. The van der Waals surface area contributed by atoms with Crippen LogP contribution in [0.2, 0.25) is 5.02 Å². The van der Waals surface area contributed by atoms with Crippen LogP contribution in [0, 0.1) is 6.92 Å². The van der Waals surface area contributed by atoms with E-state index in [1.165, 1.54) is 11.3 Å². The van der Waals surface area contributed by atoms with Gasteiger partial charge in [-0.05, 0) is 23.8 Å². The van der Waals surface area contributed by atoms with E-state index in [2.05, 4.69) is 15.5 Å². The summed E-state index contributed by atoms with van der Waals surface area (Å²) in [5, 5.41) is 12.1. The number of nitrogens with zero attached hydrogens (tertiary/aromatic N) is 2. The Kier molecular flexibility index (Phi) is 4.44. The minimum atomic E-state index is -0.212. The van der Waals surface area contributed by atoms with Crippen LogP contribution in [0.25, 0.3) is 10.1 Å². The van der Waals surface area contributed by atoms with Gasteiger partial charge in [0.25, 0.3) is 5.91 Å². The van der Waals surface area contributed by atoms with E-state index in [0.29, 0.717) is 33.8 Å². The molecule has 1 N–H and O–H groups in total. The molecule has 4 aromatic rings. The van der Waals surface area contributed by atoms with Crippen LogP contribution in [0.15, 0.2) is 52.9 Å². The normalized spacial score (nSPS) is 11.0. The summed E-state index contributed by atoms with van der Waals surface area (Å²) in [4.78, 5) is 13.1. The molecule has 2 aromatic carbocycles. The van der Waals surface area contributed by atoms with Gasteiger partial charge in [-0.25, -0.2) is 0 Å². The van der Waals surface area contributed by atoms with Gasteiger partial charge in [0.2, 0.25) is 11.8 Å². The van der Waals surface area contributed by atoms with Crippen molar-refractivity contribution >= 4 is 44.6 Å². The summed E-state index contributed by atoms with van der Waals surface area (Å²) in [7, 11) is 0. The van der Waals surface area contributed by atoms with E-state index in [9.17, 15) is 4.79 Å². The number of halogens is 1. The number of carbonyl (C=O) groups is 1. The topological polar surface area (TPSA) is 68.0 Å². The molecule has 1 amide bonds. The first-order valence-corrected chi connectivity index (χ1v) is 9.16. The third-order valence-electron chi connectivity index (χ3n) is 3.88. The first-order chi connectivity index (χ1) is 12.6. The molecule has 0 fully saturated rings. The van der Waals surface area contributed by atoms with Gasteiger partial charge in [-0.3, -0.25) is 4.79 Å². The number of aryl methyl sites for hydroxylation is 1. The fourth-order valence-electron chi connectivity index (χ4n) is 2.64. The van der Waals surface area contributed by atoms with Crippen molar-refractivity contribution in [2.45, 2.75) is 13.3 Å². The molecule has 0 radical (unpaired) electrons.